The highest BCUT2D eigenvalue weighted by molar-refractivity contribution is 5.70. The molecule has 0 bridgehead atoms. The zero-order valence-corrected chi connectivity index (χ0v) is 11.4. The van der Waals surface area contributed by atoms with Gasteiger partial charge in [0.1, 0.15) is 11.8 Å². The van der Waals surface area contributed by atoms with Crippen molar-refractivity contribution in [2.75, 3.05) is 6.79 Å². The van der Waals surface area contributed by atoms with Gasteiger partial charge in [0, 0.05) is 5.56 Å². The summed E-state index contributed by atoms with van der Waals surface area (Å²) in [6, 6.07) is 17.2. The highest BCUT2D eigenvalue weighted by Gasteiger charge is 2.20. The maximum absolute atomic E-state index is 9.31. The van der Waals surface area contributed by atoms with E-state index in [4.69, 9.17) is 9.47 Å². The number of hydrogen-bond acceptors (Lipinski definition) is 5. The SMILES string of the molecule is N#Cc1nnn(-c2ccccc2)c1-c1ccc2c(c1)OCO2. The highest BCUT2D eigenvalue weighted by Crippen LogP contribution is 2.36. The molecule has 0 saturated carbocycles. The molecule has 0 N–H and O–H groups in total. The number of ether oxygens (including phenoxy) is 2. The van der Waals surface area contributed by atoms with Crippen molar-refractivity contribution in [1.82, 2.24) is 15.0 Å². The van der Waals surface area contributed by atoms with Crippen LogP contribution in [0.4, 0.5) is 0 Å². The van der Waals surface area contributed by atoms with Crippen LogP contribution in [0.3, 0.4) is 0 Å². The van der Waals surface area contributed by atoms with Crippen molar-refractivity contribution >= 4 is 0 Å². The van der Waals surface area contributed by atoms with Crippen molar-refractivity contribution in [3.8, 4) is 34.5 Å². The van der Waals surface area contributed by atoms with Gasteiger partial charge in [-0.15, -0.1) is 5.10 Å². The second kappa shape index (κ2) is 4.90. The van der Waals surface area contributed by atoms with Gasteiger partial charge in [-0.3, -0.25) is 0 Å². The minimum absolute atomic E-state index is 0.208. The van der Waals surface area contributed by atoms with E-state index in [1.165, 1.54) is 0 Å². The second-order valence-electron chi connectivity index (χ2n) is 4.71. The van der Waals surface area contributed by atoms with Crippen LogP contribution in [0.25, 0.3) is 16.9 Å². The van der Waals surface area contributed by atoms with Crippen molar-refractivity contribution in [2.45, 2.75) is 0 Å². The monoisotopic (exact) mass is 290 g/mol. The Kier molecular flexibility index (Phi) is 2.76. The van der Waals surface area contributed by atoms with E-state index >= 15 is 0 Å². The Morgan fingerprint density at radius 3 is 2.68 bits per heavy atom. The molecule has 0 spiro atoms. The Morgan fingerprint density at radius 2 is 1.86 bits per heavy atom. The van der Waals surface area contributed by atoms with Crippen molar-refractivity contribution in [1.29, 1.82) is 5.26 Å². The number of benzene rings is 2. The van der Waals surface area contributed by atoms with Gasteiger partial charge >= 0.3 is 0 Å². The van der Waals surface area contributed by atoms with Crippen LogP contribution in [0.1, 0.15) is 5.69 Å². The molecule has 0 saturated heterocycles. The van der Waals surface area contributed by atoms with Crippen LogP contribution in [0.15, 0.2) is 48.5 Å². The number of nitriles is 1. The van der Waals surface area contributed by atoms with E-state index in [0.29, 0.717) is 17.2 Å². The molecule has 0 atom stereocenters. The van der Waals surface area contributed by atoms with Crippen molar-refractivity contribution in [3.63, 3.8) is 0 Å². The molecule has 0 amide bonds. The van der Waals surface area contributed by atoms with Crippen LogP contribution in [-0.4, -0.2) is 21.8 Å². The first kappa shape index (κ1) is 12.4. The van der Waals surface area contributed by atoms with Crippen LogP contribution in [0.2, 0.25) is 0 Å². The smallest absolute Gasteiger partial charge is 0.231 e. The van der Waals surface area contributed by atoms with Crippen molar-refractivity contribution in [2.24, 2.45) is 0 Å². The molecule has 6 nitrogen and oxygen atoms in total. The molecule has 22 heavy (non-hydrogen) atoms. The predicted octanol–water partition coefficient (Wildman–Crippen LogP) is 2.53. The minimum Gasteiger partial charge on any atom is -0.454 e. The van der Waals surface area contributed by atoms with Crippen LogP contribution < -0.4 is 9.47 Å². The van der Waals surface area contributed by atoms with Gasteiger partial charge in [-0.2, -0.15) is 5.26 Å². The molecule has 1 aliphatic heterocycles. The van der Waals surface area contributed by atoms with Crippen LogP contribution >= 0.6 is 0 Å². The topological polar surface area (TPSA) is 73.0 Å². The molecule has 6 heteroatoms. The fourth-order valence-electron chi connectivity index (χ4n) is 2.41. The molecule has 4 rings (SSSR count). The quantitative estimate of drug-likeness (QED) is 0.725. The van der Waals surface area contributed by atoms with Crippen LogP contribution in [0, 0.1) is 11.3 Å². The molecule has 0 unspecified atom stereocenters. The number of fused-ring (bicyclic) bond motifs is 1. The van der Waals surface area contributed by atoms with Gasteiger partial charge in [0.25, 0.3) is 0 Å². The summed E-state index contributed by atoms with van der Waals surface area (Å²) in [6.07, 6.45) is 0. The standard InChI is InChI=1S/C16H10N4O2/c17-9-13-16(11-6-7-14-15(8-11)22-10-21-14)20(19-18-13)12-4-2-1-3-5-12/h1-8H,10H2. The highest BCUT2D eigenvalue weighted by atomic mass is 16.7. The molecule has 2 aromatic carbocycles. The summed E-state index contributed by atoms with van der Waals surface area (Å²) in [5.74, 6) is 1.35. The van der Waals surface area contributed by atoms with E-state index in [2.05, 4.69) is 16.4 Å². The lowest BCUT2D eigenvalue weighted by Gasteiger charge is -2.07. The van der Waals surface area contributed by atoms with Gasteiger partial charge in [-0.25, -0.2) is 4.68 Å². The maximum atomic E-state index is 9.31. The van der Waals surface area contributed by atoms with Gasteiger partial charge < -0.3 is 9.47 Å². The van der Waals surface area contributed by atoms with E-state index in [1.807, 2.05) is 48.5 Å². The molecule has 0 radical (unpaired) electrons. The maximum Gasteiger partial charge on any atom is 0.231 e. The Balaban J connectivity index is 1.91. The third-order valence-corrected chi connectivity index (χ3v) is 3.42. The summed E-state index contributed by atoms with van der Waals surface area (Å²) in [4.78, 5) is 0. The largest absolute Gasteiger partial charge is 0.454 e. The third-order valence-electron chi connectivity index (χ3n) is 3.42. The van der Waals surface area contributed by atoms with Gasteiger partial charge in [0.15, 0.2) is 17.2 Å². The van der Waals surface area contributed by atoms with Crippen molar-refractivity contribution in [3.05, 3.63) is 54.2 Å². The average molecular weight is 290 g/mol. The summed E-state index contributed by atoms with van der Waals surface area (Å²) >= 11 is 0. The van der Waals surface area contributed by atoms with E-state index in [1.54, 1.807) is 4.68 Å². The average Bonchev–Trinajstić information content (AvgIpc) is 3.21. The predicted molar refractivity (Wildman–Crippen MR) is 77.6 cm³/mol. The number of para-hydroxylation sites is 1. The third kappa shape index (κ3) is 1.88. The number of aromatic nitrogens is 3. The normalized spacial score (nSPS) is 12.1. The van der Waals surface area contributed by atoms with Gasteiger partial charge in [0.2, 0.25) is 6.79 Å². The lowest BCUT2D eigenvalue weighted by molar-refractivity contribution is 0.174. The van der Waals surface area contributed by atoms with E-state index in [0.717, 1.165) is 11.3 Å². The molecule has 0 aliphatic carbocycles. The molecule has 0 fully saturated rings. The van der Waals surface area contributed by atoms with Gasteiger partial charge in [-0.05, 0) is 30.3 Å². The molecular weight excluding hydrogens is 280 g/mol. The Hall–Kier alpha value is -3.33. The number of rotatable bonds is 2. The summed E-state index contributed by atoms with van der Waals surface area (Å²) in [5, 5.41) is 17.4. The Morgan fingerprint density at radius 1 is 1.05 bits per heavy atom. The zero-order valence-electron chi connectivity index (χ0n) is 11.4. The molecule has 3 aromatic rings. The zero-order chi connectivity index (χ0) is 14.9. The van der Waals surface area contributed by atoms with Crippen LogP contribution in [-0.2, 0) is 0 Å². The summed E-state index contributed by atoms with van der Waals surface area (Å²) in [5.41, 5.74) is 2.54. The summed E-state index contributed by atoms with van der Waals surface area (Å²) < 4.78 is 12.4. The first-order valence-electron chi connectivity index (χ1n) is 6.68. The van der Waals surface area contributed by atoms with Crippen molar-refractivity contribution < 1.29 is 9.47 Å². The Labute approximate surface area is 126 Å². The molecule has 106 valence electrons. The lowest BCUT2D eigenvalue weighted by Crippen LogP contribution is -1.99. The number of hydrogen-bond donors (Lipinski definition) is 0. The summed E-state index contributed by atoms with van der Waals surface area (Å²) in [7, 11) is 0. The second-order valence-corrected chi connectivity index (χ2v) is 4.71. The first-order chi connectivity index (χ1) is 10.9. The fraction of sp³-hybridized carbons (Fsp3) is 0.0625. The van der Waals surface area contributed by atoms with E-state index < -0.39 is 0 Å². The van der Waals surface area contributed by atoms with Gasteiger partial charge in [-0.1, -0.05) is 23.4 Å². The molecule has 1 aromatic heterocycles. The van der Waals surface area contributed by atoms with Crippen LogP contribution in [0.5, 0.6) is 11.5 Å². The first-order valence-corrected chi connectivity index (χ1v) is 6.68. The Bertz CT molecular complexity index is 881. The molecule has 2 heterocycles. The number of nitrogens with zero attached hydrogens (tertiary/aromatic N) is 4. The van der Waals surface area contributed by atoms with E-state index in [-0.39, 0.29) is 12.5 Å². The lowest BCUT2D eigenvalue weighted by atomic mass is 10.1. The summed E-state index contributed by atoms with van der Waals surface area (Å²) in [6.45, 7) is 0.208. The minimum atomic E-state index is 0.208. The van der Waals surface area contributed by atoms with E-state index in [9.17, 15) is 5.26 Å². The molecular formula is C16H10N4O2. The van der Waals surface area contributed by atoms with Gasteiger partial charge in [0.05, 0.1) is 5.69 Å². The fourth-order valence-corrected chi connectivity index (χ4v) is 2.41. The molecule has 1 aliphatic rings.